The van der Waals surface area contributed by atoms with Gasteiger partial charge in [0.25, 0.3) is 0 Å². The van der Waals surface area contributed by atoms with Crippen LogP contribution in [0.1, 0.15) is 22.4 Å². The van der Waals surface area contributed by atoms with Crippen LogP contribution in [0.4, 0.5) is 5.00 Å². The number of rotatable bonds is 3. The molecule has 1 amide bonds. The molecule has 114 valence electrons. The molecule has 0 saturated heterocycles. The van der Waals surface area contributed by atoms with Crippen LogP contribution in [0.3, 0.4) is 0 Å². The summed E-state index contributed by atoms with van der Waals surface area (Å²) in [6.07, 6.45) is 4.48. The summed E-state index contributed by atoms with van der Waals surface area (Å²) >= 11 is 1.35. The lowest BCUT2D eigenvalue weighted by molar-refractivity contribution is -0.313. The van der Waals surface area contributed by atoms with Crippen molar-refractivity contribution in [2.45, 2.75) is 20.3 Å². The van der Waals surface area contributed by atoms with E-state index in [9.17, 15) is 20.0 Å². The van der Waals surface area contributed by atoms with Gasteiger partial charge in [0.1, 0.15) is 11.1 Å². The Balaban J connectivity index is 1.86. The van der Waals surface area contributed by atoms with Crippen LogP contribution in [0.5, 0.6) is 0 Å². The van der Waals surface area contributed by atoms with E-state index >= 15 is 0 Å². The SMILES string of the molecule is Cc1sc(NC(=O)[C@H]2[C@@H](C(=O)[O-])[C@H]3C=C[C@H]2C3)c(C#N)c1C. The van der Waals surface area contributed by atoms with E-state index in [1.54, 1.807) is 0 Å². The first-order valence-electron chi connectivity index (χ1n) is 7.14. The first-order valence-corrected chi connectivity index (χ1v) is 7.95. The highest BCUT2D eigenvalue weighted by Crippen LogP contribution is 2.48. The number of aryl methyl sites for hydroxylation is 1. The Kier molecular flexibility index (Phi) is 3.53. The van der Waals surface area contributed by atoms with Gasteiger partial charge < -0.3 is 15.2 Å². The normalized spacial score (nSPS) is 28.6. The first kappa shape index (κ1) is 14.8. The number of amides is 1. The summed E-state index contributed by atoms with van der Waals surface area (Å²) in [5, 5.41) is 23.9. The molecular formula is C16H15N2O3S-. The minimum absolute atomic E-state index is 0.0550. The lowest BCUT2D eigenvalue weighted by Gasteiger charge is -2.27. The number of fused-ring (bicyclic) bond motifs is 2. The van der Waals surface area contributed by atoms with Crippen molar-refractivity contribution < 1.29 is 14.7 Å². The van der Waals surface area contributed by atoms with Gasteiger partial charge in [-0.2, -0.15) is 5.26 Å². The van der Waals surface area contributed by atoms with Gasteiger partial charge in [-0.05, 0) is 37.7 Å². The Bertz CT molecular complexity index is 728. The number of carboxylic acids is 1. The van der Waals surface area contributed by atoms with Gasteiger partial charge >= 0.3 is 0 Å². The van der Waals surface area contributed by atoms with Gasteiger partial charge in [0.2, 0.25) is 5.91 Å². The number of nitrogens with zero attached hydrogens (tertiary/aromatic N) is 1. The van der Waals surface area contributed by atoms with Crippen LogP contribution in [0.2, 0.25) is 0 Å². The Morgan fingerprint density at radius 1 is 1.32 bits per heavy atom. The van der Waals surface area contributed by atoms with E-state index in [-0.39, 0.29) is 17.7 Å². The van der Waals surface area contributed by atoms with Crippen molar-refractivity contribution in [3.8, 4) is 6.07 Å². The second kappa shape index (κ2) is 5.25. The van der Waals surface area contributed by atoms with Gasteiger partial charge in [0, 0.05) is 16.8 Å². The van der Waals surface area contributed by atoms with E-state index in [0.29, 0.717) is 17.0 Å². The third-order valence-electron chi connectivity index (χ3n) is 4.77. The Morgan fingerprint density at radius 2 is 1.95 bits per heavy atom. The van der Waals surface area contributed by atoms with Crippen LogP contribution < -0.4 is 10.4 Å². The fraction of sp³-hybridized carbons (Fsp3) is 0.438. The highest BCUT2D eigenvalue weighted by Gasteiger charge is 2.48. The van der Waals surface area contributed by atoms with Gasteiger partial charge in [-0.1, -0.05) is 12.2 Å². The molecule has 0 radical (unpaired) electrons. The second-order valence-electron chi connectivity index (χ2n) is 5.91. The van der Waals surface area contributed by atoms with Crippen LogP contribution in [0.25, 0.3) is 0 Å². The van der Waals surface area contributed by atoms with Crippen LogP contribution >= 0.6 is 11.3 Å². The summed E-state index contributed by atoms with van der Waals surface area (Å²) in [6, 6.07) is 2.10. The molecule has 0 unspecified atom stereocenters. The van der Waals surface area contributed by atoms with Crippen molar-refractivity contribution in [1.29, 1.82) is 5.26 Å². The molecule has 1 aromatic heterocycles. The summed E-state index contributed by atoms with van der Waals surface area (Å²) in [6.45, 7) is 3.73. The molecule has 4 atom stereocenters. The number of hydrogen-bond donors (Lipinski definition) is 1. The summed E-state index contributed by atoms with van der Waals surface area (Å²) in [5.74, 6) is -3.06. The Hall–Kier alpha value is -2.13. The molecule has 6 heteroatoms. The molecular weight excluding hydrogens is 300 g/mol. The third-order valence-corrected chi connectivity index (χ3v) is 5.89. The number of nitrogens with one attached hydrogen (secondary N) is 1. The smallest absolute Gasteiger partial charge is 0.229 e. The molecule has 1 fully saturated rings. The number of nitriles is 1. The van der Waals surface area contributed by atoms with Crippen LogP contribution in [-0.2, 0) is 9.59 Å². The summed E-state index contributed by atoms with van der Waals surface area (Å²) < 4.78 is 0. The molecule has 0 aromatic carbocycles. The van der Waals surface area contributed by atoms with Gasteiger partial charge in [0.05, 0.1) is 11.5 Å². The van der Waals surface area contributed by atoms with E-state index in [4.69, 9.17) is 0 Å². The lowest BCUT2D eigenvalue weighted by atomic mass is 9.82. The standard InChI is InChI=1S/C16H16N2O3S/c1-7-8(2)22-15(11(7)6-17)18-14(19)12-9-3-4-10(5-9)13(12)16(20)21/h3-4,9-10,12-13H,5H2,1-2H3,(H,18,19)(H,20,21)/p-1/t9-,10-,12+,13-/m0/s1. The Morgan fingerprint density at radius 3 is 2.55 bits per heavy atom. The van der Waals surface area contributed by atoms with Crippen molar-refractivity contribution >= 4 is 28.2 Å². The fourth-order valence-electron chi connectivity index (χ4n) is 3.55. The van der Waals surface area contributed by atoms with Gasteiger partial charge in [-0.25, -0.2) is 0 Å². The molecule has 22 heavy (non-hydrogen) atoms. The maximum Gasteiger partial charge on any atom is 0.229 e. The van der Waals surface area contributed by atoms with E-state index in [0.717, 1.165) is 10.4 Å². The van der Waals surface area contributed by atoms with Crippen LogP contribution in [0.15, 0.2) is 12.2 Å². The molecule has 3 rings (SSSR count). The summed E-state index contributed by atoms with van der Waals surface area (Å²) in [5.41, 5.74) is 1.31. The van der Waals surface area contributed by atoms with Crippen molar-refractivity contribution in [2.24, 2.45) is 23.7 Å². The number of carboxylic acid groups (broad SMARTS) is 1. The van der Waals surface area contributed by atoms with Crippen molar-refractivity contribution in [3.63, 3.8) is 0 Å². The van der Waals surface area contributed by atoms with Crippen molar-refractivity contribution in [1.82, 2.24) is 0 Å². The number of carbonyl (C=O) groups is 2. The van der Waals surface area contributed by atoms with Gasteiger partial charge in [-0.15, -0.1) is 11.3 Å². The average Bonchev–Trinajstić information content (AvgIpc) is 3.13. The van der Waals surface area contributed by atoms with Gasteiger partial charge in [0.15, 0.2) is 0 Å². The molecule has 0 spiro atoms. The topological polar surface area (TPSA) is 93.0 Å². The zero-order chi connectivity index (χ0) is 16.0. The number of aliphatic carboxylic acids is 1. The minimum atomic E-state index is -1.17. The molecule has 0 aliphatic heterocycles. The predicted octanol–water partition coefficient (Wildman–Crippen LogP) is 1.36. The van der Waals surface area contributed by atoms with Crippen molar-refractivity contribution in [3.05, 3.63) is 28.2 Å². The van der Waals surface area contributed by atoms with Crippen molar-refractivity contribution in [2.75, 3.05) is 5.32 Å². The average molecular weight is 315 g/mol. The second-order valence-corrected chi connectivity index (χ2v) is 7.13. The minimum Gasteiger partial charge on any atom is -0.550 e. The first-order chi connectivity index (χ1) is 10.4. The molecule has 1 aromatic rings. The molecule has 2 aliphatic carbocycles. The number of carbonyl (C=O) groups excluding carboxylic acids is 2. The maximum absolute atomic E-state index is 12.6. The number of thiophene rings is 1. The molecule has 2 aliphatic rings. The summed E-state index contributed by atoms with van der Waals surface area (Å²) in [4.78, 5) is 24.9. The number of anilines is 1. The van der Waals surface area contributed by atoms with Crippen LogP contribution in [0, 0.1) is 48.9 Å². The molecule has 1 saturated carbocycles. The van der Waals surface area contributed by atoms with E-state index in [1.165, 1.54) is 11.3 Å². The highest BCUT2D eigenvalue weighted by molar-refractivity contribution is 7.16. The molecule has 5 nitrogen and oxygen atoms in total. The van der Waals surface area contributed by atoms with E-state index < -0.39 is 17.8 Å². The number of hydrogen-bond acceptors (Lipinski definition) is 5. The van der Waals surface area contributed by atoms with E-state index in [2.05, 4.69) is 11.4 Å². The predicted molar refractivity (Wildman–Crippen MR) is 79.9 cm³/mol. The Labute approximate surface area is 132 Å². The molecule has 1 N–H and O–H groups in total. The van der Waals surface area contributed by atoms with Crippen LogP contribution in [-0.4, -0.2) is 11.9 Å². The summed E-state index contributed by atoms with van der Waals surface area (Å²) in [7, 11) is 0. The zero-order valence-electron chi connectivity index (χ0n) is 12.3. The molecule has 1 heterocycles. The zero-order valence-corrected chi connectivity index (χ0v) is 13.1. The lowest BCUT2D eigenvalue weighted by Crippen LogP contribution is -2.42. The third kappa shape index (κ3) is 2.13. The largest absolute Gasteiger partial charge is 0.550 e. The van der Waals surface area contributed by atoms with Gasteiger partial charge in [-0.3, -0.25) is 4.79 Å². The quantitative estimate of drug-likeness (QED) is 0.852. The number of allylic oxidation sites excluding steroid dienone is 2. The van der Waals surface area contributed by atoms with E-state index in [1.807, 2.05) is 26.0 Å². The molecule has 2 bridgehead atoms. The monoisotopic (exact) mass is 315 g/mol. The fourth-order valence-corrected chi connectivity index (χ4v) is 4.56. The highest BCUT2D eigenvalue weighted by atomic mass is 32.1. The maximum atomic E-state index is 12.6.